The summed E-state index contributed by atoms with van der Waals surface area (Å²) < 4.78 is 15.1. The number of esters is 1. The third kappa shape index (κ3) is 7.35. The van der Waals surface area contributed by atoms with Gasteiger partial charge in [-0.1, -0.05) is 69.7 Å². The number of fused-ring (bicyclic) bond motifs is 1. The summed E-state index contributed by atoms with van der Waals surface area (Å²) in [5, 5.41) is 11.1. The lowest BCUT2D eigenvalue weighted by atomic mass is 9.93. The topological polar surface area (TPSA) is 113 Å². The molecule has 248 valence electrons. The molecule has 0 saturated heterocycles. The van der Waals surface area contributed by atoms with Crippen molar-refractivity contribution >= 4 is 78.4 Å². The van der Waals surface area contributed by atoms with Gasteiger partial charge < -0.3 is 9.47 Å². The molecule has 0 unspecified atom stereocenters. The van der Waals surface area contributed by atoms with Crippen molar-refractivity contribution in [3.63, 3.8) is 0 Å². The molecule has 5 aromatic rings. The highest BCUT2D eigenvalue weighted by atomic mass is 79.9. The van der Waals surface area contributed by atoms with Gasteiger partial charge in [-0.25, -0.2) is 9.79 Å². The molecule has 2 heterocycles. The molecule has 9 nitrogen and oxygen atoms in total. The number of thiazole rings is 1. The Morgan fingerprint density at radius 3 is 2.43 bits per heavy atom. The van der Waals surface area contributed by atoms with Crippen LogP contribution in [0.2, 0.25) is 0 Å². The summed E-state index contributed by atoms with van der Waals surface area (Å²) in [5.74, 6) is -0.0649. The molecule has 0 fully saturated rings. The molecule has 0 saturated carbocycles. The van der Waals surface area contributed by atoms with Gasteiger partial charge in [-0.2, -0.15) is 0 Å². The number of halogens is 2. The highest BCUT2D eigenvalue weighted by molar-refractivity contribution is 9.11. The van der Waals surface area contributed by atoms with E-state index in [1.807, 2.05) is 73.0 Å². The summed E-state index contributed by atoms with van der Waals surface area (Å²) in [7, 11) is 0. The molecule has 13 heteroatoms. The molecule has 0 radical (unpaired) electrons. The van der Waals surface area contributed by atoms with Crippen molar-refractivity contribution in [3.8, 4) is 5.75 Å². The van der Waals surface area contributed by atoms with Crippen LogP contribution in [0.15, 0.2) is 120 Å². The quantitative estimate of drug-likeness (QED) is 0.0616. The molecular formula is C36H27Br2N3O6S2. The second-order valence-electron chi connectivity index (χ2n) is 10.7. The lowest BCUT2D eigenvalue weighted by Gasteiger charge is -2.26. The normalized spacial score (nSPS) is 14.3. The van der Waals surface area contributed by atoms with Crippen molar-refractivity contribution in [1.29, 1.82) is 0 Å². The van der Waals surface area contributed by atoms with Crippen molar-refractivity contribution in [1.82, 2.24) is 4.57 Å². The van der Waals surface area contributed by atoms with E-state index < -0.39 is 16.9 Å². The van der Waals surface area contributed by atoms with Gasteiger partial charge in [0, 0.05) is 32.6 Å². The van der Waals surface area contributed by atoms with Crippen LogP contribution >= 0.6 is 55.0 Å². The first-order chi connectivity index (χ1) is 23.7. The van der Waals surface area contributed by atoms with Crippen molar-refractivity contribution in [2.45, 2.75) is 24.5 Å². The van der Waals surface area contributed by atoms with Crippen molar-refractivity contribution in [3.05, 3.63) is 158 Å². The summed E-state index contributed by atoms with van der Waals surface area (Å²) in [4.78, 5) is 45.2. The number of hydrogen-bond donors (Lipinski definition) is 0. The molecule has 1 aliphatic rings. The monoisotopic (exact) mass is 819 g/mol. The van der Waals surface area contributed by atoms with Crippen molar-refractivity contribution in [2.24, 2.45) is 4.99 Å². The second kappa shape index (κ2) is 15.1. The first kappa shape index (κ1) is 34.6. The molecular weight excluding hydrogens is 794 g/mol. The fourth-order valence-corrected chi connectivity index (χ4v) is 8.17. The summed E-state index contributed by atoms with van der Waals surface area (Å²) in [6.45, 7) is 2.04. The average Bonchev–Trinajstić information content (AvgIpc) is 3.41. The summed E-state index contributed by atoms with van der Waals surface area (Å²) in [6, 6.07) is 26.2. The zero-order valence-electron chi connectivity index (χ0n) is 26.1. The Morgan fingerprint density at radius 2 is 1.78 bits per heavy atom. The van der Waals surface area contributed by atoms with E-state index in [4.69, 9.17) is 14.5 Å². The molecule has 6 rings (SSSR count). The number of nitro benzene ring substituents is 1. The molecule has 0 bridgehead atoms. The van der Waals surface area contributed by atoms with Gasteiger partial charge in [-0.15, -0.1) is 11.8 Å². The molecule has 0 amide bonds. The van der Waals surface area contributed by atoms with Gasteiger partial charge in [0.05, 0.1) is 37.8 Å². The van der Waals surface area contributed by atoms with Gasteiger partial charge in [-0.3, -0.25) is 19.5 Å². The van der Waals surface area contributed by atoms with Gasteiger partial charge in [-0.05, 0) is 82.7 Å². The van der Waals surface area contributed by atoms with E-state index in [1.165, 1.54) is 23.5 Å². The Bertz CT molecular complexity index is 2270. The number of carbonyl (C=O) groups is 1. The van der Waals surface area contributed by atoms with E-state index >= 15 is 0 Å². The fraction of sp³-hybridized carbons (Fsp3) is 0.139. The van der Waals surface area contributed by atoms with Gasteiger partial charge in [0.15, 0.2) is 4.80 Å². The Labute approximate surface area is 306 Å². The molecule has 49 heavy (non-hydrogen) atoms. The molecule has 4 aromatic carbocycles. The number of thioether (sulfide) groups is 1. The van der Waals surface area contributed by atoms with E-state index in [2.05, 4.69) is 31.9 Å². The number of nitrogens with zero attached hydrogens (tertiary/aromatic N) is 3. The maximum Gasteiger partial charge on any atom is 0.338 e. The van der Waals surface area contributed by atoms with Crippen LogP contribution in [0.5, 0.6) is 5.75 Å². The highest BCUT2D eigenvalue weighted by Crippen LogP contribution is 2.37. The second-order valence-corrected chi connectivity index (χ2v) is 14.4. The standard InChI is InChI=1S/C36H27Br2N3O6S2/c1-3-46-35(43)30-31(22-7-5-4-6-8-22)39-36-40(32(30)23-11-15-27(48-2)16-12-23)34(42)29(49-36)18-24-17-25(37)19-28(38)33(24)47-20-21-9-13-26(14-10-21)41(44)45/h4-19,32H,3,20H2,1-2H3/b29-18-/t32-/m1/s1. The minimum absolute atomic E-state index is 0.00956. The Kier molecular flexibility index (Phi) is 10.6. The molecule has 1 aromatic heterocycles. The zero-order valence-corrected chi connectivity index (χ0v) is 30.9. The van der Waals surface area contributed by atoms with E-state index in [1.54, 1.807) is 41.5 Å². The van der Waals surface area contributed by atoms with Crippen LogP contribution in [0.4, 0.5) is 5.69 Å². The maximum atomic E-state index is 14.4. The summed E-state index contributed by atoms with van der Waals surface area (Å²) in [6.07, 6.45) is 3.73. The molecule has 0 N–H and O–H groups in total. The van der Waals surface area contributed by atoms with E-state index in [0.717, 1.165) is 26.1 Å². The number of rotatable bonds is 10. The molecule has 1 aliphatic heterocycles. The molecule has 0 spiro atoms. The minimum atomic E-state index is -0.796. The van der Waals surface area contributed by atoms with E-state index in [0.29, 0.717) is 30.8 Å². The lowest BCUT2D eigenvalue weighted by molar-refractivity contribution is -0.384. The van der Waals surface area contributed by atoms with Crippen LogP contribution in [-0.4, -0.2) is 28.3 Å². The van der Waals surface area contributed by atoms with Crippen LogP contribution in [-0.2, 0) is 16.1 Å². The number of carbonyl (C=O) groups excluding carboxylic acids is 1. The molecule has 1 atom stereocenters. The Balaban J connectivity index is 1.52. The first-order valence-electron chi connectivity index (χ1n) is 15.0. The Hall–Kier alpha value is -4.30. The lowest BCUT2D eigenvalue weighted by Crippen LogP contribution is -2.40. The predicted molar refractivity (Wildman–Crippen MR) is 199 cm³/mol. The highest BCUT2D eigenvalue weighted by Gasteiger charge is 2.35. The first-order valence-corrected chi connectivity index (χ1v) is 18.6. The Morgan fingerprint density at radius 1 is 1.06 bits per heavy atom. The van der Waals surface area contributed by atoms with Crippen molar-refractivity contribution in [2.75, 3.05) is 12.9 Å². The number of ether oxygens (including phenoxy) is 2. The SMILES string of the molecule is CCOC(=O)C1=C(c2ccccc2)N=c2s/c(=C\c3cc(Br)cc(Br)c3OCc3ccc([N+](=O)[O-])cc3)c(=O)n2[C@@H]1c1ccc(SC)cc1. The molecule has 0 aliphatic carbocycles. The number of aromatic nitrogens is 1. The van der Waals surface area contributed by atoms with Crippen LogP contribution in [0, 0.1) is 10.1 Å². The van der Waals surface area contributed by atoms with Crippen LogP contribution in [0.3, 0.4) is 0 Å². The average molecular weight is 822 g/mol. The van der Waals surface area contributed by atoms with Gasteiger partial charge in [0.1, 0.15) is 12.4 Å². The third-order valence-electron chi connectivity index (χ3n) is 7.66. The summed E-state index contributed by atoms with van der Waals surface area (Å²) in [5.41, 5.74) is 3.21. The third-order valence-corrected chi connectivity index (χ3v) is 10.4. The fourth-order valence-electron chi connectivity index (χ4n) is 5.39. The van der Waals surface area contributed by atoms with Gasteiger partial charge in [0.25, 0.3) is 11.2 Å². The summed E-state index contributed by atoms with van der Waals surface area (Å²) >= 11 is 9.96. The predicted octanol–water partition coefficient (Wildman–Crippen LogP) is 7.67. The number of non-ortho nitro benzene ring substituents is 1. The number of nitro groups is 1. The number of hydrogen-bond acceptors (Lipinski definition) is 9. The van der Waals surface area contributed by atoms with E-state index in [-0.39, 0.29) is 30.0 Å². The van der Waals surface area contributed by atoms with Gasteiger partial charge >= 0.3 is 5.97 Å². The van der Waals surface area contributed by atoms with Crippen LogP contribution in [0.25, 0.3) is 11.8 Å². The number of benzene rings is 4. The zero-order chi connectivity index (χ0) is 34.7. The minimum Gasteiger partial charge on any atom is -0.487 e. The van der Waals surface area contributed by atoms with Crippen LogP contribution in [0.1, 0.15) is 35.2 Å². The van der Waals surface area contributed by atoms with Crippen LogP contribution < -0.4 is 19.6 Å². The largest absolute Gasteiger partial charge is 0.487 e. The smallest absolute Gasteiger partial charge is 0.338 e. The van der Waals surface area contributed by atoms with Crippen molar-refractivity contribution < 1.29 is 19.2 Å². The maximum absolute atomic E-state index is 14.4. The van der Waals surface area contributed by atoms with E-state index in [9.17, 15) is 19.7 Å². The van der Waals surface area contributed by atoms with Gasteiger partial charge in [0.2, 0.25) is 0 Å².